The van der Waals surface area contributed by atoms with E-state index in [0.29, 0.717) is 11.8 Å². The number of aromatic nitrogens is 4. The number of aryl methyl sites for hydroxylation is 2. The third-order valence-corrected chi connectivity index (χ3v) is 5.60. The van der Waals surface area contributed by atoms with Crippen molar-refractivity contribution in [2.45, 2.75) is 20.4 Å². The van der Waals surface area contributed by atoms with Crippen molar-refractivity contribution in [2.75, 3.05) is 31.1 Å². The SMILES string of the molecule is Cc1ncnc(N2CC3CN(Cc4cnn(C)c(=O)c4)CC3C2)c1C. The van der Waals surface area contributed by atoms with Crippen LogP contribution in [0.2, 0.25) is 0 Å². The summed E-state index contributed by atoms with van der Waals surface area (Å²) in [4.78, 5) is 25.4. The second-order valence-corrected chi connectivity index (χ2v) is 7.35. The van der Waals surface area contributed by atoms with Crippen molar-refractivity contribution in [2.24, 2.45) is 18.9 Å². The lowest BCUT2D eigenvalue weighted by molar-refractivity contribution is 0.307. The topological polar surface area (TPSA) is 67.2 Å². The lowest BCUT2D eigenvalue weighted by Crippen LogP contribution is -2.30. The third kappa shape index (κ3) is 3.04. The van der Waals surface area contributed by atoms with E-state index >= 15 is 0 Å². The molecule has 2 unspecified atom stereocenters. The Balaban J connectivity index is 1.41. The van der Waals surface area contributed by atoms with Crippen molar-refractivity contribution in [3.8, 4) is 0 Å². The van der Waals surface area contributed by atoms with Crippen molar-refractivity contribution in [1.29, 1.82) is 0 Å². The summed E-state index contributed by atoms with van der Waals surface area (Å²) in [5.41, 5.74) is 3.20. The van der Waals surface area contributed by atoms with Crippen LogP contribution < -0.4 is 10.5 Å². The number of likely N-dealkylation sites (tertiary alicyclic amines) is 1. The zero-order valence-electron chi connectivity index (χ0n) is 15.0. The van der Waals surface area contributed by atoms with Crippen LogP contribution in [0.25, 0.3) is 0 Å². The average Bonchev–Trinajstić information content (AvgIpc) is 3.12. The molecule has 7 heteroatoms. The summed E-state index contributed by atoms with van der Waals surface area (Å²) in [6.07, 6.45) is 3.47. The Labute approximate surface area is 147 Å². The molecule has 0 N–H and O–H groups in total. The predicted molar refractivity (Wildman–Crippen MR) is 95.5 cm³/mol. The summed E-state index contributed by atoms with van der Waals surface area (Å²) >= 11 is 0. The van der Waals surface area contributed by atoms with Crippen molar-refractivity contribution < 1.29 is 0 Å². The zero-order chi connectivity index (χ0) is 17.6. The standard InChI is InChI=1S/C18H24N6O/c1-12-13(2)19-11-20-18(12)24-9-15-7-23(8-16(15)10-24)6-14-4-17(25)22(3)21-5-14/h4-5,11,15-16H,6-10H2,1-3H3. The quantitative estimate of drug-likeness (QED) is 0.822. The fraction of sp³-hybridized carbons (Fsp3) is 0.556. The summed E-state index contributed by atoms with van der Waals surface area (Å²) in [5, 5.41) is 4.12. The summed E-state index contributed by atoms with van der Waals surface area (Å²) < 4.78 is 1.37. The molecule has 25 heavy (non-hydrogen) atoms. The Hall–Kier alpha value is -2.28. The number of rotatable bonds is 3. The smallest absolute Gasteiger partial charge is 0.266 e. The highest BCUT2D eigenvalue weighted by Crippen LogP contribution is 2.34. The van der Waals surface area contributed by atoms with Gasteiger partial charge in [0.15, 0.2) is 0 Å². The van der Waals surface area contributed by atoms with Gasteiger partial charge in [0.2, 0.25) is 0 Å². The largest absolute Gasteiger partial charge is 0.356 e. The molecule has 0 bridgehead atoms. The van der Waals surface area contributed by atoms with E-state index in [2.05, 4.69) is 31.8 Å². The maximum absolute atomic E-state index is 11.7. The molecule has 2 aliphatic rings. The minimum atomic E-state index is -0.0438. The molecule has 0 spiro atoms. The van der Waals surface area contributed by atoms with E-state index < -0.39 is 0 Å². The highest BCUT2D eigenvalue weighted by atomic mass is 16.1. The molecule has 132 valence electrons. The first-order valence-electron chi connectivity index (χ1n) is 8.79. The van der Waals surface area contributed by atoms with Gasteiger partial charge in [-0.05, 0) is 31.2 Å². The summed E-state index contributed by atoms with van der Waals surface area (Å²) in [5.74, 6) is 2.41. The molecule has 0 saturated carbocycles. The van der Waals surface area contributed by atoms with E-state index in [-0.39, 0.29) is 5.56 Å². The highest BCUT2D eigenvalue weighted by molar-refractivity contribution is 5.48. The lowest BCUT2D eigenvalue weighted by Gasteiger charge is -2.23. The molecule has 0 aliphatic carbocycles. The Morgan fingerprint density at radius 1 is 1.12 bits per heavy atom. The van der Waals surface area contributed by atoms with Crippen LogP contribution in [-0.2, 0) is 13.6 Å². The van der Waals surface area contributed by atoms with E-state index in [0.717, 1.165) is 49.8 Å². The Morgan fingerprint density at radius 2 is 1.84 bits per heavy atom. The number of nitrogens with zero attached hydrogens (tertiary/aromatic N) is 6. The van der Waals surface area contributed by atoms with E-state index in [1.807, 2.05) is 6.92 Å². The number of hydrogen-bond acceptors (Lipinski definition) is 6. The molecule has 0 aromatic carbocycles. The van der Waals surface area contributed by atoms with Crippen LogP contribution in [0.5, 0.6) is 0 Å². The van der Waals surface area contributed by atoms with Gasteiger partial charge >= 0.3 is 0 Å². The van der Waals surface area contributed by atoms with Crippen molar-refractivity contribution >= 4 is 5.82 Å². The van der Waals surface area contributed by atoms with Crippen molar-refractivity contribution in [3.05, 3.63) is 45.8 Å². The predicted octanol–water partition coefficient (Wildman–Crippen LogP) is 0.755. The van der Waals surface area contributed by atoms with Crippen LogP contribution in [0.3, 0.4) is 0 Å². The van der Waals surface area contributed by atoms with Crippen LogP contribution in [0.4, 0.5) is 5.82 Å². The number of hydrogen-bond donors (Lipinski definition) is 0. The number of anilines is 1. The van der Waals surface area contributed by atoms with Gasteiger partial charge in [-0.3, -0.25) is 9.69 Å². The first kappa shape index (κ1) is 16.2. The molecule has 4 rings (SSSR count). The van der Waals surface area contributed by atoms with E-state index in [1.54, 1.807) is 25.6 Å². The molecule has 7 nitrogen and oxygen atoms in total. The molecule has 4 heterocycles. The van der Waals surface area contributed by atoms with Gasteiger partial charge in [-0.1, -0.05) is 0 Å². The van der Waals surface area contributed by atoms with Gasteiger partial charge in [0, 0.05) is 57.1 Å². The molecule has 2 fully saturated rings. The fourth-order valence-electron chi connectivity index (χ4n) is 4.09. The molecule has 2 aromatic rings. The Kier molecular flexibility index (Phi) is 4.03. The van der Waals surface area contributed by atoms with Gasteiger partial charge in [-0.2, -0.15) is 5.10 Å². The van der Waals surface area contributed by atoms with Gasteiger partial charge < -0.3 is 4.90 Å². The number of fused-ring (bicyclic) bond motifs is 1. The van der Waals surface area contributed by atoms with Crippen LogP contribution in [-0.4, -0.2) is 50.8 Å². The Morgan fingerprint density at radius 3 is 2.52 bits per heavy atom. The summed E-state index contributed by atoms with van der Waals surface area (Å²) in [6, 6.07) is 1.69. The lowest BCUT2D eigenvalue weighted by atomic mass is 10.0. The normalized spacial score (nSPS) is 23.2. The molecule has 2 atom stereocenters. The second-order valence-electron chi connectivity index (χ2n) is 7.35. The second kappa shape index (κ2) is 6.22. The maximum atomic E-state index is 11.7. The van der Waals surface area contributed by atoms with Gasteiger partial charge in [0.25, 0.3) is 5.56 Å². The third-order valence-electron chi connectivity index (χ3n) is 5.60. The van der Waals surface area contributed by atoms with E-state index in [1.165, 1.54) is 10.2 Å². The van der Waals surface area contributed by atoms with E-state index in [4.69, 9.17) is 0 Å². The molecule has 2 saturated heterocycles. The van der Waals surface area contributed by atoms with Crippen molar-refractivity contribution in [3.63, 3.8) is 0 Å². The molecule has 2 aliphatic heterocycles. The van der Waals surface area contributed by atoms with Gasteiger partial charge in [0.05, 0.1) is 6.20 Å². The van der Waals surface area contributed by atoms with Gasteiger partial charge in [-0.25, -0.2) is 14.6 Å². The molecule has 0 amide bonds. The fourth-order valence-corrected chi connectivity index (χ4v) is 4.09. The first-order chi connectivity index (χ1) is 12.0. The molecule has 2 aromatic heterocycles. The van der Waals surface area contributed by atoms with Gasteiger partial charge in [0.1, 0.15) is 12.1 Å². The maximum Gasteiger partial charge on any atom is 0.266 e. The van der Waals surface area contributed by atoms with Crippen LogP contribution in [0.15, 0.2) is 23.4 Å². The molecular formula is C18H24N6O. The summed E-state index contributed by atoms with van der Waals surface area (Å²) in [7, 11) is 1.68. The van der Waals surface area contributed by atoms with Crippen molar-refractivity contribution in [1.82, 2.24) is 24.6 Å². The molecular weight excluding hydrogens is 316 g/mol. The van der Waals surface area contributed by atoms with Gasteiger partial charge in [-0.15, -0.1) is 0 Å². The molecule has 0 radical (unpaired) electrons. The highest BCUT2D eigenvalue weighted by Gasteiger charge is 2.40. The zero-order valence-corrected chi connectivity index (χ0v) is 15.0. The Bertz CT molecular complexity index is 834. The minimum absolute atomic E-state index is 0.0438. The van der Waals surface area contributed by atoms with Crippen LogP contribution >= 0.6 is 0 Å². The summed E-state index contributed by atoms with van der Waals surface area (Å²) in [6.45, 7) is 9.19. The minimum Gasteiger partial charge on any atom is -0.356 e. The van der Waals surface area contributed by atoms with Crippen LogP contribution in [0, 0.1) is 25.7 Å². The van der Waals surface area contributed by atoms with E-state index in [9.17, 15) is 4.79 Å². The monoisotopic (exact) mass is 340 g/mol. The first-order valence-corrected chi connectivity index (χ1v) is 8.79. The van der Waals surface area contributed by atoms with Crippen LogP contribution in [0.1, 0.15) is 16.8 Å². The average molecular weight is 340 g/mol.